The third-order valence-corrected chi connectivity index (χ3v) is 4.37. The number of nitrogens with one attached hydrogen (secondary N) is 2. The number of aromatic amines is 1. The fraction of sp³-hybridized carbons (Fsp3) is 0.211. The first kappa shape index (κ1) is 17.5. The second-order valence-electron chi connectivity index (χ2n) is 5.86. The molecule has 0 aliphatic heterocycles. The van der Waals surface area contributed by atoms with Crippen LogP contribution in [0.3, 0.4) is 0 Å². The number of fused-ring (bicyclic) bond motifs is 1. The predicted molar refractivity (Wildman–Crippen MR) is 103 cm³/mol. The van der Waals surface area contributed by atoms with Crippen LogP contribution >= 0.6 is 0 Å². The molecule has 1 amide bonds. The molecule has 2 aromatic carbocycles. The first-order chi connectivity index (χ1) is 12.5. The maximum atomic E-state index is 12.6. The zero-order valence-electron chi connectivity index (χ0n) is 14.7. The van der Waals surface area contributed by atoms with Gasteiger partial charge in [-0.1, -0.05) is 0 Å². The number of non-ortho nitro benzene ring substituents is 1. The number of anilines is 2. The molecule has 3 aromatic rings. The standard InChI is InChI=1S/C19H20N4O3/c1-3-22(4-2)14-7-5-13(6-8-14)21-19(24)17-12-20-18-10-9-15(23(25)26)11-16(17)18/h5-12,20H,3-4H2,1-2H3,(H,21,24). The van der Waals surface area contributed by atoms with Crippen molar-refractivity contribution in [3.05, 3.63) is 64.3 Å². The third kappa shape index (κ3) is 3.37. The minimum Gasteiger partial charge on any atom is -0.372 e. The highest BCUT2D eigenvalue weighted by Gasteiger charge is 2.15. The first-order valence-electron chi connectivity index (χ1n) is 8.45. The molecule has 0 bridgehead atoms. The van der Waals surface area contributed by atoms with Crippen LogP contribution in [0.4, 0.5) is 17.1 Å². The smallest absolute Gasteiger partial charge is 0.270 e. The highest BCUT2D eigenvalue weighted by Crippen LogP contribution is 2.25. The molecular weight excluding hydrogens is 332 g/mol. The fourth-order valence-electron chi connectivity index (χ4n) is 2.95. The number of nitro groups is 1. The van der Waals surface area contributed by atoms with E-state index in [1.165, 1.54) is 12.1 Å². The number of hydrogen-bond donors (Lipinski definition) is 2. The summed E-state index contributed by atoms with van der Waals surface area (Å²) in [5.41, 5.74) is 2.77. The number of benzene rings is 2. The summed E-state index contributed by atoms with van der Waals surface area (Å²) >= 11 is 0. The van der Waals surface area contributed by atoms with Crippen LogP contribution in [0.25, 0.3) is 10.9 Å². The Kier molecular flexibility index (Phi) is 4.88. The van der Waals surface area contributed by atoms with Crippen LogP contribution < -0.4 is 10.2 Å². The van der Waals surface area contributed by atoms with Crippen LogP contribution in [0.1, 0.15) is 24.2 Å². The quantitative estimate of drug-likeness (QED) is 0.514. The molecule has 0 fully saturated rings. The minimum absolute atomic E-state index is 0.0466. The van der Waals surface area contributed by atoms with E-state index in [1.807, 2.05) is 24.3 Å². The molecular formula is C19H20N4O3. The van der Waals surface area contributed by atoms with E-state index >= 15 is 0 Å². The highest BCUT2D eigenvalue weighted by molar-refractivity contribution is 6.13. The molecule has 0 saturated carbocycles. The molecule has 134 valence electrons. The Morgan fingerprint density at radius 2 is 1.85 bits per heavy atom. The molecule has 0 aliphatic rings. The van der Waals surface area contributed by atoms with Gasteiger partial charge in [0.05, 0.1) is 10.5 Å². The number of amides is 1. The van der Waals surface area contributed by atoms with Gasteiger partial charge in [0.1, 0.15) is 0 Å². The Labute approximate surface area is 150 Å². The molecule has 7 heteroatoms. The molecule has 0 radical (unpaired) electrons. The van der Waals surface area contributed by atoms with Gasteiger partial charge < -0.3 is 15.2 Å². The molecule has 0 aliphatic carbocycles. The maximum absolute atomic E-state index is 12.6. The zero-order chi connectivity index (χ0) is 18.7. The average molecular weight is 352 g/mol. The number of carbonyl (C=O) groups excluding carboxylic acids is 1. The summed E-state index contributed by atoms with van der Waals surface area (Å²) < 4.78 is 0. The highest BCUT2D eigenvalue weighted by atomic mass is 16.6. The van der Waals surface area contributed by atoms with E-state index in [1.54, 1.807) is 12.3 Å². The Balaban J connectivity index is 1.83. The third-order valence-electron chi connectivity index (χ3n) is 4.37. The number of H-pyrrole nitrogens is 1. The number of rotatable bonds is 6. The number of hydrogen-bond acceptors (Lipinski definition) is 4. The van der Waals surface area contributed by atoms with Gasteiger partial charge in [0.15, 0.2) is 0 Å². The van der Waals surface area contributed by atoms with Crippen molar-refractivity contribution in [2.75, 3.05) is 23.3 Å². The van der Waals surface area contributed by atoms with Crippen molar-refractivity contribution in [1.29, 1.82) is 0 Å². The first-order valence-corrected chi connectivity index (χ1v) is 8.45. The van der Waals surface area contributed by atoms with Crippen molar-refractivity contribution in [2.24, 2.45) is 0 Å². The lowest BCUT2D eigenvalue weighted by atomic mass is 10.1. The summed E-state index contributed by atoms with van der Waals surface area (Å²) in [5, 5.41) is 14.3. The second-order valence-corrected chi connectivity index (χ2v) is 5.86. The predicted octanol–water partition coefficient (Wildman–Crippen LogP) is 4.17. The van der Waals surface area contributed by atoms with Crippen molar-refractivity contribution in [3.63, 3.8) is 0 Å². The summed E-state index contributed by atoms with van der Waals surface area (Å²) in [6.07, 6.45) is 1.56. The average Bonchev–Trinajstić information content (AvgIpc) is 3.07. The summed E-state index contributed by atoms with van der Waals surface area (Å²) in [5.74, 6) is -0.313. The lowest BCUT2D eigenvalue weighted by Crippen LogP contribution is -2.21. The van der Waals surface area contributed by atoms with Gasteiger partial charge >= 0.3 is 0 Å². The van der Waals surface area contributed by atoms with Gasteiger partial charge in [-0.05, 0) is 44.2 Å². The van der Waals surface area contributed by atoms with Crippen LogP contribution in [-0.2, 0) is 0 Å². The molecule has 0 saturated heterocycles. The van der Waals surface area contributed by atoms with Gasteiger partial charge in [0, 0.05) is 53.7 Å². The molecule has 3 rings (SSSR count). The lowest BCUT2D eigenvalue weighted by molar-refractivity contribution is -0.384. The topological polar surface area (TPSA) is 91.3 Å². The van der Waals surface area contributed by atoms with Gasteiger partial charge in [-0.3, -0.25) is 14.9 Å². The van der Waals surface area contributed by atoms with E-state index in [4.69, 9.17) is 0 Å². The van der Waals surface area contributed by atoms with Crippen LogP contribution in [0.5, 0.6) is 0 Å². The summed E-state index contributed by atoms with van der Waals surface area (Å²) in [6.45, 7) is 6.01. The largest absolute Gasteiger partial charge is 0.372 e. The Morgan fingerprint density at radius 1 is 1.15 bits per heavy atom. The van der Waals surface area contributed by atoms with E-state index in [2.05, 4.69) is 29.0 Å². The zero-order valence-corrected chi connectivity index (χ0v) is 14.7. The molecule has 2 N–H and O–H groups in total. The van der Waals surface area contributed by atoms with Crippen molar-refractivity contribution < 1.29 is 9.72 Å². The van der Waals surface area contributed by atoms with Gasteiger partial charge in [-0.25, -0.2) is 0 Å². The molecule has 26 heavy (non-hydrogen) atoms. The molecule has 1 heterocycles. The molecule has 1 aromatic heterocycles. The van der Waals surface area contributed by atoms with Crippen molar-refractivity contribution >= 4 is 33.9 Å². The van der Waals surface area contributed by atoms with E-state index < -0.39 is 4.92 Å². The summed E-state index contributed by atoms with van der Waals surface area (Å²) in [6, 6.07) is 12.0. The van der Waals surface area contributed by atoms with E-state index in [-0.39, 0.29) is 11.6 Å². The minimum atomic E-state index is -0.472. The summed E-state index contributed by atoms with van der Waals surface area (Å²) in [4.78, 5) is 28.3. The molecule has 0 unspecified atom stereocenters. The number of aromatic nitrogens is 1. The van der Waals surface area contributed by atoms with Crippen molar-refractivity contribution in [3.8, 4) is 0 Å². The van der Waals surface area contributed by atoms with E-state index in [0.717, 1.165) is 18.8 Å². The van der Waals surface area contributed by atoms with Gasteiger partial charge in [-0.2, -0.15) is 0 Å². The van der Waals surface area contributed by atoms with Crippen LogP contribution in [0, 0.1) is 10.1 Å². The van der Waals surface area contributed by atoms with Gasteiger partial charge in [0.2, 0.25) is 0 Å². The Hall–Kier alpha value is -3.35. The summed E-state index contributed by atoms with van der Waals surface area (Å²) in [7, 11) is 0. The van der Waals surface area contributed by atoms with Crippen LogP contribution in [0.2, 0.25) is 0 Å². The molecule has 7 nitrogen and oxygen atoms in total. The Bertz CT molecular complexity index is 943. The SMILES string of the molecule is CCN(CC)c1ccc(NC(=O)c2c[nH]c3ccc([N+](=O)[O-])cc23)cc1. The lowest BCUT2D eigenvalue weighted by Gasteiger charge is -2.21. The van der Waals surface area contributed by atoms with Gasteiger partial charge in [-0.15, -0.1) is 0 Å². The Morgan fingerprint density at radius 3 is 2.46 bits per heavy atom. The molecule has 0 spiro atoms. The van der Waals surface area contributed by atoms with Gasteiger partial charge in [0.25, 0.3) is 11.6 Å². The van der Waals surface area contributed by atoms with Crippen molar-refractivity contribution in [2.45, 2.75) is 13.8 Å². The van der Waals surface area contributed by atoms with Crippen LogP contribution in [0.15, 0.2) is 48.7 Å². The van der Waals surface area contributed by atoms with E-state index in [9.17, 15) is 14.9 Å². The maximum Gasteiger partial charge on any atom is 0.270 e. The van der Waals surface area contributed by atoms with Crippen molar-refractivity contribution in [1.82, 2.24) is 4.98 Å². The monoisotopic (exact) mass is 352 g/mol. The number of nitrogens with zero attached hydrogens (tertiary/aromatic N) is 2. The second kappa shape index (κ2) is 7.26. The number of nitro benzene ring substituents is 1. The fourth-order valence-corrected chi connectivity index (χ4v) is 2.95. The molecule has 0 atom stereocenters. The number of carbonyl (C=O) groups is 1. The normalized spacial score (nSPS) is 10.7. The van der Waals surface area contributed by atoms with Crippen LogP contribution in [-0.4, -0.2) is 28.9 Å². The van der Waals surface area contributed by atoms with E-state index in [0.29, 0.717) is 22.2 Å².